The molecule has 0 heterocycles. The summed E-state index contributed by atoms with van der Waals surface area (Å²) < 4.78 is 0. The zero-order valence-electron chi connectivity index (χ0n) is 1.70. The fourth-order valence-electron chi connectivity index (χ4n) is 0. The van der Waals surface area contributed by atoms with Gasteiger partial charge in [-0.15, -0.1) is 0 Å². The maximum absolute atomic E-state index is 0. The molecule has 0 N–H and O–H groups in total. The standard InChI is InChI=1S/2ClH.Sb.Sn/h2*1H;;/q;;;+2/p-2. The molecule has 0 nitrogen and oxygen atoms in total. The van der Waals surface area contributed by atoms with E-state index in [9.17, 15) is 0 Å². The van der Waals surface area contributed by atoms with Crippen molar-refractivity contribution in [2.24, 2.45) is 0 Å². The second-order valence-corrected chi connectivity index (χ2v) is 0. The number of halogens is 2. The minimum atomic E-state index is 0. The van der Waals surface area contributed by atoms with Crippen LogP contribution in [0, 0.1) is 0 Å². The first-order chi connectivity index (χ1) is 0. The van der Waals surface area contributed by atoms with Crippen LogP contribution in [0.1, 0.15) is 0 Å². The van der Waals surface area contributed by atoms with Crippen LogP contribution in [-0.2, 0) is 0 Å². The summed E-state index contributed by atoms with van der Waals surface area (Å²) in [5.41, 5.74) is 0. The van der Waals surface area contributed by atoms with Gasteiger partial charge >= 0.3 is 23.9 Å². The monoisotopic (exact) mass is 311 g/mol. The van der Waals surface area contributed by atoms with Crippen molar-refractivity contribution in [3.05, 3.63) is 0 Å². The van der Waals surface area contributed by atoms with Gasteiger partial charge in [0.1, 0.15) is 0 Å². The van der Waals surface area contributed by atoms with Gasteiger partial charge < -0.3 is 24.8 Å². The fraction of sp³-hybridized carbons (Fsp3) is 0. The van der Waals surface area contributed by atoms with Crippen LogP contribution in [0.3, 0.4) is 0 Å². The Morgan fingerprint density at radius 1 is 0.750 bits per heavy atom. The van der Waals surface area contributed by atoms with Crippen molar-refractivity contribution >= 4 is 48.3 Å². The average Bonchev–Trinajstić information content (AvgIpc) is 0. The quantitative estimate of drug-likeness (QED) is 0.390. The second kappa shape index (κ2) is 19.0. The molecule has 0 rings (SSSR count). The molecule has 0 aromatic rings. The van der Waals surface area contributed by atoms with Gasteiger partial charge in [-0.2, -0.15) is 0 Å². The molecular weight excluding hydrogens is 311 g/mol. The molecule has 5 radical (unpaired) electrons. The SMILES string of the molecule is [Cl-].[Cl-].[Sb].[Sn+2]. The minimum Gasteiger partial charge on any atom is -1.00 e. The molecular formula is Cl2SbSn. The Morgan fingerprint density at radius 3 is 0.750 bits per heavy atom. The zero-order valence-corrected chi connectivity index (χ0v) is 8.62. The third kappa shape index (κ3) is 8.89. The normalized spacial score (nSPS) is 0. The van der Waals surface area contributed by atoms with Crippen molar-refractivity contribution in [3.8, 4) is 0 Å². The van der Waals surface area contributed by atoms with E-state index in [1.54, 1.807) is 0 Å². The Kier molecular flexibility index (Phi) is 164. The molecule has 0 fully saturated rings. The van der Waals surface area contributed by atoms with E-state index >= 15 is 0 Å². The van der Waals surface area contributed by atoms with Crippen molar-refractivity contribution < 1.29 is 24.8 Å². The molecule has 0 atom stereocenters. The summed E-state index contributed by atoms with van der Waals surface area (Å²) in [6, 6.07) is 0. The molecule has 0 aromatic carbocycles. The van der Waals surface area contributed by atoms with E-state index in [0.29, 0.717) is 0 Å². The van der Waals surface area contributed by atoms with Crippen molar-refractivity contribution in [1.82, 2.24) is 0 Å². The Bertz CT molecular complexity index is 6.00. The first-order valence-electron chi connectivity index (χ1n) is 0. The van der Waals surface area contributed by atoms with Gasteiger partial charge in [0.15, 0.2) is 0 Å². The van der Waals surface area contributed by atoms with E-state index in [0.717, 1.165) is 0 Å². The van der Waals surface area contributed by atoms with Gasteiger partial charge in [0, 0.05) is 24.4 Å². The maximum Gasteiger partial charge on any atom is 2.00 e. The topological polar surface area (TPSA) is 0 Å². The number of hydrogen-bond donors (Lipinski definition) is 0. The second-order valence-electron chi connectivity index (χ2n) is 0. The van der Waals surface area contributed by atoms with E-state index in [1.807, 2.05) is 0 Å². The molecule has 0 aliphatic heterocycles. The maximum atomic E-state index is 0. The van der Waals surface area contributed by atoms with Crippen LogP contribution >= 0.6 is 0 Å². The van der Waals surface area contributed by atoms with Gasteiger partial charge in [0.2, 0.25) is 0 Å². The average molecular weight is 311 g/mol. The van der Waals surface area contributed by atoms with Crippen LogP contribution in [0.5, 0.6) is 0 Å². The fourth-order valence-corrected chi connectivity index (χ4v) is 0. The molecule has 23 valence electrons. The molecule has 0 aliphatic rings. The Labute approximate surface area is 72.3 Å². The Hall–Kier alpha value is 2.20. The number of hydrogen-bond acceptors (Lipinski definition) is 0. The molecule has 0 amide bonds. The van der Waals surface area contributed by atoms with E-state index in [-0.39, 0.29) is 73.1 Å². The van der Waals surface area contributed by atoms with Gasteiger partial charge in [-0.1, -0.05) is 0 Å². The van der Waals surface area contributed by atoms with Crippen molar-refractivity contribution in [3.63, 3.8) is 0 Å². The van der Waals surface area contributed by atoms with Crippen LogP contribution in [0.15, 0.2) is 0 Å². The van der Waals surface area contributed by atoms with Crippen molar-refractivity contribution in [2.75, 3.05) is 0 Å². The molecule has 0 saturated heterocycles. The predicted octanol–water partition coefficient (Wildman–Crippen LogP) is -6.75. The molecule has 0 spiro atoms. The largest absolute Gasteiger partial charge is 2.00 e. The van der Waals surface area contributed by atoms with Crippen molar-refractivity contribution in [2.45, 2.75) is 0 Å². The first kappa shape index (κ1) is 34.7. The first-order valence-corrected chi connectivity index (χ1v) is 0. The summed E-state index contributed by atoms with van der Waals surface area (Å²) >= 11 is 0. The van der Waals surface area contributed by atoms with E-state index in [2.05, 4.69) is 0 Å². The summed E-state index contributed by atoms with van der Waals surface area (Å²) in [7, 11) is 0. The van der Waals surface area contributed by atoms with Crippen LogP contribution in [0.4, 0.5) is 0 Å². The molecule has 0 unspecified atom stereocenters. The van der Waals surface area contributed by atoms with Crippen molar-refractivity contribution in [1.29, 1.82) is 0 Å². The smallest absolute Gasteiger partial charge is 1.00 e. The molecule has 0 aromatic heterocycles. The summed E-state index contributed by atoms with van der Waals surface area (Å²) in [4.78, 5) is 0. The predicted molar refractivity (Wildman–Crippen MR) is 11.5 cm³/mol. The summed E-state index contributed by atoms with van der Waals surface area (Å²) in [6.07, 6.45) is 0. The van der Waals surface area contributed by atoms with Gasteiger partial charge in [0.25, 0.3) is 0 Å². The van der Waals surface area contributed by atoms with Gasteiger partial charge in [-0.3, -0.25) is 0 Å². The van der Waals surface area contributed by atoms with Crippen LogP contribution in [0.25, 0.3) is 0 Å². The minimum absolute atomic E-state index is 0. The molecule has 4 heteroatoms. The van der Waals surface area contributed by atoms with Crippen LogP contribution < -0.4 is 24.8 Å². The van der Waals surface area contributed by atoms with Gasteiger partial charge in [0.05, 0.1) is 0 Å². The van der Waals surface area contributed by atoms with Crippen LogP contribution in [0.2, 0.25) is 0 Å². The van der Waals surface area contributed by atoms with Gasteiger partial charge in [-0.05, 0) is 0 Å². The zero-order chi connectivity index (χ0) is 0. The van der Waals surface area contributed by atoms with E-state index < -0.39 is 0 Å². The summed E-state index contributed by atoms with van der Waals surface area (Å²) in [5, 5.41) is 0. The third-order valence-electron chi connectivity index (χ3n) is 0. The molecule has 0 aliphatic carbocycles. The Balaban J connectivity index is 0. The van der Waals surface area contributed by atoms with E-state index in [4.69, 9.17) is 0 Å². The summed E-state index contributed by atoms with van der Waals surface area (Å²) in [5.74, 6) is 0. The third-order valence-corrected chi connectivity index (χ3v) is 0. The van der Waals surface area contributed by atoms with E-state index in [1.165, 1.54) is 0 Å². The number of rotatable bonds is 0. The molecule has 0 saturated carbocycles. The molecule has 4 heavy (non-hydrogen) atoms. The molecule has 0 bridgehead atoms. The van der Waals surface area contributed by atoms with Crippen LogP contribution in [-0.4, -0.2) is 48.3 Å². The summed E-state index contributed by atoms with van der Waals surface area (Å²) in [6.45, 7) is 0. The van der Waals surface area contributed by atoms with Gasteiger partial charge in [-0.25, -0.2) is 0 Å². The Morgan fingerprint density at radius 2 is 0.750 bits per heavy atom.